The van der Waals surface area contributed by atoms with Crippen LogP contribution >= 0.6 is 0 Å². The monoisotopic (exact) mass is 373 g/mol. The van der Waals surface area contributed by atoms with Crippen molar-refractivity contribution in [3.8, 4) is 0 Å². The van der Waals surface area contributed by atoms with E-state index in [9.17, 15) is 9.59 Å². The topological polar surface area (TPSA) is 53.1 Å². The van der Waals surface area contributed by atoms with Gasteiger partial charge < -0.3 is 19.4 Å². The summed E-state index contributed by atoms with van der Waals surface area (Å²) in [6, 6.07) is 5.99. The van der Waals surface area contributed by atoms with Crippen molar-refractivity contribution in [3.63, 3.8) is 0 Å². The molecule has 0 aliphatic carbocycles. The van der Waals surface area contributed by atoms with E-state index in [4.69, 9.17) is 4.74 Å². The first-order chi connectivity index (χ1) is 12.6. The number of anilines is 1. The second kappa shape index (κ2) is 8.57. The molecule has 6 nitrogen and oxygen atoms in total. The lowest BCUT2D eigenvalue weighted by atomic mass is 9.99. The first-order valence-corrected chi connectivity index (χ1v) is 9.25. The molecular weight excluding hydrogens is 342 g/mol. The second-order valence-electron chi connectivity index (χ2n) is 8.17. The molecule has 0 aromatic heterocycles. The molecule has 0 radical (unpaired) electrons. The maximum absolute atomic E-state index is 12.4. The Labute approximate surface area is 162 Å². The van der Waals surface area contributed by atoms with Gasteiger partial charge in [0.2, 0.25) is 5.91 Å². The molecule has 0 bridgehead atoms. The van der Waals surface area contributed by atoms with Gasteiger partial charge in [-0.05, 0) is 64.5 Å². The largest absolute Gasteiger partial charge is 0.444 e. The van der Waals surface area contributed by atoms with Crippen LogP contribution in [0.2, 0.25) is 0 Å². The van der Waals surface area contributed by atoms with Crippen LogP contribution in [0.5, 0.6) is 0 Å². The molecule has 2 rings (SSSR count). The van der Waals surface area contributed by atoms with E-state index in [-0.39, 0.29) is 12.0 Å². The number of hydrogen-bond donors (Lipinski definition) is 0. The highest BCUT2D eigenvalue weighted by molar-refractivity contribution is 6.01. The number of carbonyl (C=O) groups is 2. The Morgan fingerprint density at radius 3 is 2.52 bits per heavy atom. The van der Waals surface area contributed by atoms with Gasteiger partial charge in [-0.1, -0.05) is 12.1 Å². The maximum atomic E-state index is 12.4. The molecule has 27 heavy (non-hydrogen) atoms. The zero-order valence-corrected chi connectivity index (χ0v) is 17.3. The van der Waals surface area contributed by atoms with Gasteiger partial charge in [0.25, 0.3) is 0 Å². The van der Waals surface area contributed by atoms with Crippen LogP contribution in [0.3, 0.4) is 0 Å². The van der Waals surface area contributed by atoms with E-state index in [0.29, 0.717) is 19.6 Å². The third-order valence-corrected chi connectivity index (χ3v) is 4.30. The molecule has 0 N–H and O–H groups in total. The number of nitrogens with zero attached hydrogens (tertiary/aromatic N) is 3. The fourth-order valence-corrected chi connectivity index (χ4v) is 2.84. The van der Waals surface area contributed by atoms with E-state index in [2.05, 4.69) is 0 Å². The van der Waals surface area contributed by atoms with Crippen LogP contribution in [-0.2, 0) is 22.5 Å². The third kappa shape index (κ3) is 6.10. The van der Waals surface area contributed by atoms with Gasteiger partial charge in [0.15, 0.2) is 0 Å². The van der Waals surface area contributed by atoms with Crippen LogP contribution < -0.4 is 4.90 Å². The predicted molar refractivity (Wildman–Crippen MR) is 108 cm³/mol. The summed E-state index contributed by atoms with van der Waals surface area (Å²) < 4.78 is 5.48. The van der Waals surface area contributed by atoms with Crippen molar-refractivity contribution >= 4 is 17.7 Å². The van der Waals surface area contributed by atoms with Crippen molar-refractivity contribution in [2.24, 2.45) is 0 Å². The van der Waals surface area contributed by atoms with E-state index in [0.717, 1.165) is 17.7 Å². The molecule has 0 unspecified atom stereocenters. The fourth-order valence-electron chi connectivity index (χ4n) is 2.84. The summed E-state index contributed by atoms with van der Waals surface area (Å²) in [6.45, 7) is 7.45. The van der Waals surface area contributed by atoms with Crippen molar-refractivity contribution in [2.45, 2.75) is 39.3 Å². The molecule has 1 aromatic carbocycles. The standard InChI is InChI=1S/C21H31N3O3/c1-21(2,3)27-20(26)24-13-11-16-9-10-18(14-17(16)15-24)23(6)19(25)8-7-12-22(4)5/h7-10,14H,11-13,15H2,1-6H3/b8-7+. The van der Waals surface area contributed by atoms with Crippen LogP contribution in [-0.4, -0.2) is 61.6 Å². The van der Waals surface area contributed by atoms with Crippen LogP contribution in [0.1, 0.15) is 31.9 Å². The van der Waals surface area contributed by atoms with Gasteiger partial charge in [-0.25, -0.2) is 4.79 Å². The quantitative estimate of drug-likeness (QED) is 0.761. The van der Waals surface area contributed by atoms with Crippen molar-refractivity contribution in [2.75, 3.05) is 39.1 Å². The highest BCUT2D eigenvalue weighted by Crippen LogP contribution is 2.25. The van der Waals surface area contributed by atoms with Gasteiger partial charge >= 0.3 is 6.09 Å². The minimum Gasteiger partial charge on any atom is -0.444 e. The van der Waals surface area contributed by atoms with E-state index in [1.54, 1.807) is 22.9 Å². The number of amides is 2. The molecule has 0 saturated carbocycles. The lowest BCUT2D eigenvalue weighted by Crippen LogP contribution is -2.40. The summed E-state index contributed by atoms with van der Waals surface area (Å²) >= 11 is 0. The van der Waals surface area contributed by atoms with Crippen molar-refractivity contribution < 1.29 is 14.3 Å². The highest BCUT2D eigenvalue weighted by atomic mass is 16.6. The third-order valence-electron chi connectivity index (χ3n) is 4.30. The number of carbonyl (C=O) groups excluding carboxylic acids is 2. The molecule has 1 heterocycles. The summed E-state index contributed by atoms with van der Waals surface area (Å²) in [4.78, 5) is 30.0. The number of rotatable bonds is 4. The Balaban J connectivity index is 2.09. The number of fused-ring (bicyclic) bond motifs is 1. The highest BCUT2D eigenvalue weighted by Gasteiger charge is 2.26. The Kier molecular flexibility index (Phi) is 6.65. The Morgan fingerprint density at radius 1 is 1.19 bits per heavy atom. The van der Waals surface area contributed by atoms with Gasteiger partial charge in [0.1, 0.15) is 5.60 Å². The number of ether oxygens (including phenoxy) is 1. The molecule has 0 fully saturated rings. The first kappa shape index (κ1) is 21.0. The Bertz CT molecular complexity index is 720. The van der Waals surface area contributed by atoms with E-state index >= 15 is 0 Å². The summed E-state index contributed by atoms with van der Waals surface area (Å²) in [5.41, 5.74) is 2.58. The summed E-state index contributed by atoms with van der Waals surface area (Å²) in [5, 5.41) is 0. The zero-order valence-electron chi connectivity index (χ0n) is 17.3. The van der Waals surface area contributed by atoms with Crippen LogP contribution in [0.15, 0.2) is 30.4 Å². The molecule has 1 aliphatic rings. The SMILES string of the molecule is CN(C)C/C=C/C(=O)N(C)c1ccc2c(c1)CN(C(=O)OC(C)(C)C)CC2. The minimum atomic E-state index is -0.509. The summed E-state index contributed by atoms with van der Waals surface area (Å²) in [5.74, 6) is -0.0726. The van der Waals surface area contributed by atoms with Gasteiger partial charge in [-0.15, -0.1) is 0 Å². The second-order valence-corrected chi connectivity index (χ2v) is 8.17. The Hall–Kier alpha value is -2.34. The smallest absolute Gasteiger partial charge is 0.410 e. The van der Waals surface area contributed by atoms with Crippen LogP contribution in [0.25, 0.3) is 0 Å². The summed E-state index contributed by atoms with van der Waals surface area (Å²) in [6.07, 6.45) is 3.93. The lowest BCUT2D eigenvalue weighted by molar-refractivity contribution is -0.113. The maximum Gasteiger partial charge on any atom is 0.410 e. The van der Waals surface area contributed by atoms with Crippen molar-refractivity contribution in [1.29, 1.82) is 0 Å². The van der Waals surface area contributed by atoms with E-state index in [1.165, 1.54) is 5.56 Å². The molecule has 148 valence electrons. The van der Waals surface area contributed by atoms with Gasteiger partial charge in [0.05, 0.1) is 0 Å². The lowest BCUT2D eigenvalue weighted by Gasteiger charge is -2.31. The first-order valence-electron chi connectivity index (χ1n) is 9.25. The van der Waals surface area contributed by atoms with Crippen LogP contribution in [0.4, 0.5) is 10.5 Å². The molecule has 0 spiro atoms. The molecule has 2 amide bonds. The Morgan fingerprint density at radius 2 is 1.89 bits per heavy atom. The van der Waals surface area contributed by atoms with Gasteiger partial charge in [-0.2, -0.15) is 0 Å². The normalized spacial score (nSPS) is 14.4. The molecule has 1 aliphatic heterocycles. The van der Waals surface area contributed by atoms with Crippen molar-refractivity contribution in [3.05, 3.63) is 41.5 Å². The molecule has 0 atom stereocenters. The zero-order chi connectivity index (χ0) is 20.2. The average Bonchev–Trinajstić information content (AvgIpc) is 2.58. The fraction of sp³-hybridized carbons (Fsp3) is 0.524. The average molecular weight is 373 g/mol. The number of likely N-dealkylation sites (N-methyl/N-ethyl adjacent to an activating group) is 2. The summed E-state index contributed by atoms with van der Waals surface area (Å²) in [7, 11) is 5.68. The molecule has 6 heteroatoms. The van der Waals surface area contributed by atoms with Crippen molar-refractivity contribution in [1.82, 2.24) is 9.80 Å². The molecular formula is C21H31N3O3. The van der Waals surface area contributed by atoms with Crippen LogP contribution in [0, 0.1) is 0 Å². The van der Waals surface area contributed by atoms with Gasteiger partial charge in [-0.3, -0.25) is 4.79 Å². The molecule has 0 saturated heterocycles. The number of benzene rings is 1. The minimum absolute atomic E-state index is 0.0726. The molecule has 1 aromatic rings. The van der Waals surface area contributed by atoms with E-state index < -0.39 is 5.60 Å². The predicted octanol–water partition coefficient (Wildman–Crippen LogP) is 3.06. The van der Waals surface area contributed by atoms with Gasteiger partial charge in [0, 0.05) is 38.4 Å². The number of hydrogen-bond acceptors (Lipinski definition) is 4. The van der Waals surface area contributed by atoms with E-state index in [1.807, 2.05) is 64.0 Å².